The highest BCUT2D eigenvalue weighted by atomic mass is 35.5. The Balaban J connectivity index is 1.60. The van der Waals surface area contributed by atoms with Gasteiger partial charge in [0, 0.05) is 32.1 Å². The zero-order chi connectivity index (χ0) is 20.5. The number of carboxylic acid groups (broad SMARTS) is 1. The third-order valence-corrected chi connectivity index (χ3v) is 6.95. The van der Waals surface area contributed by atoms with E-state index < -0.39 is 11.4 Å². The molecular weight excluding hydrogens is 399 g/mol. The Labute approximate surface area is 176 Å². The molecule has 0 aromatic heterocycles. The normalized spacial score (nSPS) is 20.6. The quantitative estimate of drug-likeness (QED) is 0.709. The second kappa shape index (κ2) is 8.60. The van der Waals surface area contributed by atoms with Crippen molar-refractivity contribution in [3.05, 3.63) is 33.8 Å². The zero-order valence-electron chi connectivity index (χ0n) is 16.5. The SMILES string of the molecule is CC(=O)N(C1CC1)C1CCN(CCC(C)(C(=O)O)c2ccc(Cl)c(Cl)c2)CC1. The van der Waals surface area contributed by atoms with Crippen LogP contribution in [0, 0.1) is 0 Å². The Morgan fingerprint density at radius 3 is 2.25 bits per heavy atom. The Morgan fingerprint density at radius 2 is 1.75 bits per heavy atom. The van der Waals surface area contributed by atoms with Gasteiger partial charge < -0.3 is 14.9 Å². The van der Waals surface area contributed by atoms with Crippen LogP contribution in [-0.2, 0) is 15.0 Å². The number of hydrogen-bond acceptors (Lipinski definition) is 3. The van der Waals surface area contributed by atoms with Gasteiger partial charge in [0.15, 0.2) is 0 Å². The molecule has 7 heteroatoms. The third-order valence-electron chi connectivity index (χ3n) is 6.21. The number of piperidine rings is 1. The Morgan fingerprint density at radius 1 is 1.14 bits per heavy atom. The third kappa shape index (κ3) is 4.64. The molecule has 0 radical (unpaired) electrons. The highest BCUT2D eigenvalue weighted by molar-refractivity contribution is 6.42. The average molecular weight is 427 g/mol. The number of halogens is 2. The molecule has 1 N–H and O–H groups in total. The summed E-state index contributed by atoms with van der Waals surface area (Å²) in [5, 5.41) is 10.7. The van der Waals surface area contributed by atoms with E-state index in [1.54, 1.807) is 32.0 Å². The molecule has 3 rings (SSSR count). The first-order chi connectivity index (χ1) is 13.2. The van der Waals surface area contributed by atoms with Gasteiger partial charge in [0.25, 0.3) is 0 Å². The predicted molar refractivity (Wildman–Crippen MR) is 111 cm³/mol. The van der Waals surface area contributed by atoms with Crippen molar-refractivity contribution in [1.82, 2.24) is 9.80 Å². The Kier molecular flexibility index (Phi) is 6.58. The predicted octanol–water partition coefficient (Wildman–Crippen LogP) is 4.20. The Hall–Kier alpha value is -1.30. The average Bonchev–Trinajstić information content (AvgIpc) is 3.47. The summed E-state index contributed by atoms with van der Waals surface area (Å²) in [6, 6.07) is 5.82. The molecule has 2 fully saturated rings. The first-order valence-electron chi connectivity index (χ1n) is 9.92. The minimum absolute atomic E-state index is 0.180. The van der Waals surface area contributed by atoms with E-state index in [0.29, 0.717) is 40.7 Å². The molecule has 1 aromatic carbocycles. The summed E-state index contributed by atoms with van der Waals surface area (Å²) in [5.41, 5.74) is -0.356. The molecule has 154 valence electrons. The summed E-state index contributed by atoms with van der Waals surface area (Å²) < 4.78 is 0. The fraction of sp³-hybridized carbons (Fsp3) is 0.619. The molecule has 2 aliphatic rings. The topological polar surface area (TPSA) is 60.9 Å². The minimum atomic E-state index is -1.02. The molecule has 1 unspecified atom stereocenters. The number of carbonyl (C=O) groups is 2. The van der Waals surface area contributed by atoms with Crippen LogP contribution in [0.1, 0.15) is 51.5 Å². The van der Waals surface area contributed by atoms with E-state index in [2.05, 4.69) is 9.80 Å². The number of carboxylic acids is 1. The van der Waals surface area contributed by atoms with Crippen molar-refractivity contribution in [3.8, 4) is 0 Å². The number of rotatable bonds is 7. The van der Waals surface area contributed by atoms with E-state index in [1.165, 1.54) is 0 Å². The molecule has 1 aliphatic carbocycles. The summed E-state index contributed by atoms with van der Waals surface area (Å²) in [4.78, 5) is 28.4. The monoisotopic (exact) mass is 426 g/mol. The van der Waals surface area contributed by atoms with Crippen LogP contribution < -0.4 is 0 Å². The van der Waals surface area contributed by atoms with Crippen LogP contribution >= 0.6 is 23.2 Å². The number of hydrogen-bond donors (Lipinski definition) is 1. The maximum atomic E-state index is 12.1. The van der Waals surface area contributed by atoms with Crippen LogP contribution in [-0.4, -0.2) is 58.5 Å². The fourth-order valence-corrected chi connectivity index (χ4v) is 4.48. The number of nitrogens with zero attached hydrogens (tertiary/aromatic N) is 2. The van der Waals surface area contributed by atoms with Gasteiger partial charge in [0.2, 0.25) is 5.91 Å². The molecule has 28 heavy (non-hydrogen) atoms. The second-order valence-corrected chi connectivity index (χ2v) is 9.06. The molecule has 5 nitrogen and oxygen atoms in total. The molecule has 1 atom stereocenters. The summed E-state index contributed by atoms with van der Waals surface area (Å²) in [6.07, 6.45) is 4.64. The van der Waals surface area contributed by atoms with Crippen molar-refractivity contribution in [2.75, 3.05) is 19.6 Å². The highest BCUT2D eigenvalue weighted by Crippen LogP contribution is 2.34. The van der Waals surface area contributed by atoms with E-state index in [1.807, 2.05) is 0 Å². The lowest BCUT2D eigenvalue weighted by Crippen LogP contribution is -2.48. The van der Waals surface area contributed by atoms with Crippen LogP contribution in [0.2, 0.25) is 10.0 Å². The molecule has 1 aliphatic heterocycles. The lowest BCUT2D eigenvalue weighted by atomic mass is 9.79. The molecule has 1 saturated heterocycles. The standard InChI is InChI=1S/C21H28Cl2N2O3/c1-14(26)25(16-4-5-16)17-7-10-24(11-8-17)12-9-21(2,20(27)28)15-3-6-18(22)19(23)13-15/h3,6,13,16-17H,4-5,7-12H2,1-2H3,(H,27,28). The number of carbonyl (C=O) groups excluding carboxylic acids is 1. The molecule has 1 saturated carbocycles. The van der Waals surface area contributed by atoms with Gasteiger partial charge in [0.1, 0.15) is 0 Å². The molecule has 1 aromatic rings. The largest absolute Gasteiger partial charge is 0.481 e. The number of benzene rings is 1. The smallest absolute Gasteiger partial charge is 0.313 e. The fourth-order valence-electron chi connectivity index (χ4n) is 4.18. The molecule has 0 spiro atoms. The van der Waals surface area contributed by atoms with Crippen LogP contribution in [0.4, 0.5) is 0 Å². The van der Waals surface area contributed by atoms with E-state index >= 15 is 0 Å². The van der Waals surface area contributed by atoms with Gasteiger partial charge in [-0.05, 0) is 63.3 Å². The van der Waals surface area contributed by atoms with Crippen molar-refractivity contribution in [2.24, 2.45) is 0 Å². The van der Waals surface area contributed by atoms with E-state index in [9.17, 15) is 14.7 Å². The lowest BCUT2D eigenvalue weighted by molar-refractivity contribution is -0.143. The molecular formula is C21H28Cl2N2O3. The lowest BCUT2D eigenvalue weighted by Gasteiger charge is -2.39. The van der Waals surface area contributed by atoms with Crippen LogP contribution in [0.3, 0.4) is 0 Å². The van der Waals surface area contributed by atoms with Gasteiger partial charge in [-0.2, -0.15) is 0 Å². The molecule has 1 heterocycles. The zero-order valence-corrected chi connectivity index (χ0v) is 18.0. The summed E-state index contributed by atoms with van der Waals surface area (Å²) >= 11 is 12.1. The van der Waals surface area contributed by atoms with Crippen LogP contribution in [0.25, 0.3) is 0 Å². The van der Waals surface area contributed by atoms with E-state index in [4.69, 9.17) is 23.2 Å². The van der Waals surface area contributed by atoms with Crippen LogP contribution in [0.15, 0.2) is 18.2 Å². The first kappa shape index (κ1) is 21.4. The maximum Gasteiger partial charge on any atom is 0.313 e. The highest BCUT2D eigenvalue weighted by Gasteiger charge is 2.39. The van der Waals surface area contributed by atoms with Crippen molar-refractivity contribution < 1.29 is 14.7 Å². The van der Waals surface area contributed by atoms with Crippen LogP contribution in [0.5, 0.6) is 0 Å². The number of aliphatic carboxylic acids is 1. The first-order valence-corrected chi connectivity index (χ1v) is 10.7. The number of likely N-dealkylation sites (tertiary alicyclic amines) is 1. The molecule has 0 bridgehead atoms. The Bertz CT molecular complexity index is 745. The minimum Gasteiger partial charge on any atom is -0.481 e. The van der Waals surface area contributed by atoms with Crippen molar-refractivity contribution in [1.29, 1.82) is 0 Å². The molecule has 1 amide bonds. The summed E-state index contributed by atoms with van der Waals surface area (Å²) in [5.74, 6) is -0.684. The van der Waals surface area contributed by atoms with Gasteiger partial charge in [-0.15, -0.1) is 0 Å². The van der Waals surface area contributed by atoms with Crippen molar-refractivity contribution >= 4 is 35.1 Å². The van der Waals surface area contributed by atoms with Gasteiger partial charge >= 0.3 is 5.97 Å². The van der Waals surface area contributed by atoms with Crippen molar-refractivity contribution in [3.63, 3.8) is 0 Å². The van der Waals surface area contributed by atoms with Crippen molar-refractivity contribution in [2.45, 2.75) is 63.5 Å². The summed E-state index contributed by atoms with van der Waals surface area (Å²) in [6.45, 7) is 5.88. The van der Waals surface area contributed by atoms with Gasteiger partial charge in [-0.25, -0.2) is 0 Å². The van der Waals surface area contributed by atoms with Gasteiger partial charge in [0.05, 0.1) is 15.5 Å². The summed E-state index contributed by atoms with van der Waals surface area (Å²) in [7, 11) is 0. The van der Waals surface area contributed by atoms with E-state index in [0.717, 1.165) is 38.8 Å². The second-order valence-electron chi connectivity index (χ2n) is 8.25. The van der Waals surface area contributed by atoms with E-state index in [-0.39, 0.29) is 5.91 Å². The van der Waals surface area contributed by atoms with Gasteiger partial charge in [-0.1, -0.05) is 29.3 Å². The van der Waals surface area contributed by atoms with Gasteiger partial charge in [-0.3, -0.25) is 9.59 Å². The maximum absolute atomic E-state index is 12.1. The number of amides is 1.